The first-order chi connectivity index (χ1) is 9.06. The number of hydrogen-bond acceptors (Lipinski definition) is 4. The molecule has 2 rings (SSSR count). The van der Waals surface area contributed by atoms with Gasteiger partial charge in [0.25, 0.3) is 0 Å². The zero-order valence-corrected chi connectivity index (χ0v) is 11.7. The van der Waals surface area contributed by atoms with Crippen molar-refractivity contribution >= 4 is 11.8 Å². The van der Waals surface area contributed by atoms with Crippen LogP contribution in [-0.2, 0) is 5.75 Å². The Hall–Kier alpha value is -1.46. The maximum Gasteiger partial charge on any atom is 0.138 e. The van der Waals surface area contributed by atoms with Gasteiger partial charge in [-0.1, -0.05) is 6.07 Å². The monoisotopic (exact) mass is 277 g/mol. The van der Waals surface area contributed by atoms with Crippen LogP contribution in [0.3, 0.4) is 0 Å². The Morgan fingerprint density at radius 1 is 1.42 bits per heavy atom. The van der Waals surface area contributed by atoms with Crippen molar-refractivity contribution in [3.63, 3.8) is 0 Å². The molecule has 1 aromatic carbocycles. The first-order valence-corrected chi connectivity index (χ1v) is 7.01. The van der Waals surface area contributed by atoms with Crippen molar-refractivity contribution < 1.29 is 4.39 Å². The summed E-state index contributed by atoms with van der Waals surface area (Å²) < 4.78 is 13.0. The average Bonchev–Trinajstić information content (AvgIpc) is 2.36. The Balaban J connectivity index is 2.06. The van der Waals surface area contributed by atoms with Gasteiger partial charge in [-0.3, -0.25) is 0 Å². The minimum atomic E-state index is -0.227. The Labute approximate surface area is 116 Å². The van der Waals surface area contributed by atoms with Crippen molar-refractivity contribution in [2.45, 2.75) is 30.5 Å². The summed E-state index contributed by atoms with van der Waals surface area (Å²) in [5, 5.41) is 0. The van der Waals surface area contributed by atoms with Gasteiger partial charge >= 0.3 is 0 Å². The number of aromatic nitrogens is 2. The van der Waals surface area contributed by atoms with Gasteiger partial charge in [0.15, 0.2) is 0 Å². The molecular formula is C14H16FN3S. The SMILES string of the molecule is Cc1nc(CSc2cccc(F)c2)ncc1C(C)N. The van der Waals surface area contributed by atoms with E-state index in [1.807, 2.05) is 19.9 Å². The Morgan fingerprint density at radius 3 is 2.84 bits per heavy atom. The van der Waals surface area contributed by atoms with Crippen LogP contribution < -0.4 is 5.73 Å². The van der Waals surface area contributed by atoms with Crippen LogP contribution in [0.25, 0.3) is 0 Å². The third kappa shape index (κ3) is 3.75. The molecule has 2 aromatic rings. The molecule has 3 nitrogen and oxygen atoms in total. The zero-order valence-electron chi connectivity index (χ0n) is 10.9. The van der Waals surface area contributed by atoms with Crippen LogP contribution in [0, 0.1) is 12.7 Å². The number of hydrogen-bond donors (Lipinski definition) is 1. The lowest BCUT2D eigenvalue weighted by Gasteiger charge is -2.09. The van der Waals surface area contributed by atoms with Gasteiger partial charge in [0.05, 0.1) is 5.75 Å². The molecule has 2 N–H and O–H groups in total. The maximum absolute atomic E-state index is 13.0. The maximum atomic E-state index is 13.0. The van der Waals surface area contributed by atoms with Crippen molar-refractivity contribution in [1.82, 2.24) is 9.97 Å². The van der Waals surface area contributed by atoms with E-state index in [1.165, 1.54) is 23.9 Å². The van der Waals surface area contributed by atoms with Crippen LogP contribution in [0.5, 0.6) is 0 Å². The van der Waals surface area contributed by atoms with Gasteiger partial charge in [0, 0.05) is 28.4 Å². The van der Waals surface area contributed by atoms with Crippen molar-refractivity contribution in [3.05, 3.63) is 53.4 Å². The number of halogens is 1. The molecule has 0 spiro atoms. The summed E-state index contributed by atoms with van der Waals surface area (Å²) in [6.07, 6.45) is 1.77. The van der Waals surface area contributed by atoms with E-state index in [0.717, 1.165) is 22.0 Å². The average molecular weight is 277 g/mol. The lowest BCUT2D eigenvalue weighted by atomic mass is 10.1. The molecule has 0 aliphatic carbocycles. The fourth-order valence-corrected chi connectivity index (χ4v) is 2.55. The van der Waals surface area contributed by atoms with Crippen LogP contribution in [0.2, 0.25) is 0 Å². The van der Waals surface area contributed by atoms with Crippen molar-refractivity contribution in [2.75, 3.05) is 0 Å². The molecule has 1 unspecified atom stereocenters. The van der Waals surface area contributed by atoms with Gasteiger partial charge in [0.2, 0.25) is 0 Å². The number of nitrogens with two attached hydrogens (primary N) is 1. The number of benzene rings is 1. The third-order valence-electron chi connectivity index (χ3n) is 2.72. The van der Waals surface area contributed by atoms with Gasteiger partial charge < -0.3 is 5.73 Å². The van der Waals surface area contributed by atoms with Gasteiger partial charge in [-0.2, -0.15) is 0 Å². The number of aryl methyl sites for hydroxylation is 1. The molecule has 0 saturated carbocycles. The van der Waals surface area contributed by atoms with Crippen LogP contribution in [0.1, 0.15) is 30.0 Å². The second-order valence-corrected chi connectivity index (χ2v) is 5.41. The Morgan fingerprint density at radius 2 is 2.21 bits per heavy atom. The lowest BCUT2D eigenvalue weighted by Crippen LogP contribution is -2.10. The minimum absolute atomic E-state index is 0.0649. The number of rotatable bonds is 4. The Bertz CT molecular complexity index is 572. The standard InChI is InChI=1S/C14H16FN3S/c1-9(16)13-7-17-14(18-10(13)2)8-19-12-5-3-4-11(15)6-12/h3-7,9H,8,16H2,1-2H3. The molecule has 19 heavy (non-hydrogen) atoms. The molecule has 0 bridgehead atoms. The highest BCUT2D eigenvalue weighted by Crippen LogP contribution is 2.22. The van der Waals surface area contributed by atoms with E-state index in [0.29, 0.717) is 5.75 Å². The van der Waals surface area contributed by atoms with E-state index in [1.54, 1.807) is 12.3 Å². The summed E-state index contributed by atoms with van der Waals surface area (Å²) in [7, 11) is 0. The van der Waals surface area contributed by atoms with Crippen molar-refractivity contribution in [3.8, 4) is 0 Å². The van der Waals surface area contributed by atoms with E-state index in [2.05, 4.69) is 9.97 Å². The van der Waals surface area contributed by atoms with E-state index in [-0.39, 0.29) is 11.9 Å². The molecule has 0 radical (unpaired) electrons. The normalized spacial score (nSPS) is 12.4. The molecule has 0 amide bonds. The summed E-state index contributed by atoms with van der Waals surface area (Å²) in [5.41, 5.74) is 7.68. The summed E-state index contributed by atoms with van der Waals surface area (Å²) in [6, 6.07) is 6.44. The molecule has 0 fully saturated rings. The number of nitrogens with zero attached hydrogens (tertiary/aromatic N) is 2. The van der Waals surface area contributed by atoms with E-state index >= 15 is 0 Å². The fourth-order valence-electron chi connectivity index (χ4n) is 1.75. The molecule has 1 atom stereocenters. The molecule has 5 heteroatoms. The summed E-state index contributed by atoms with van der Waals surface area (Å²) in [6.45, 7) is 3.84. The van der Waals surface area contributed by atoms with Gasteiger partial charge in [-0.05, 0) is 32.0 Å². The highest BCUT2D eigenvalue weighted by Gasteiger charge is 2.07. The van der Waals surface area contributed by atoms with E-state index in [4.69, 9.17) is 5.73 Å². The molecule has 0 aliphatic rings. The van der Waals surface area contributed by atoms with Gasteiger partial charge in [-0.15, -0.1) is 11.8 Å². The fraction of sp³-hybridized carbons (Fsp3) is 0.286. The summed E-state index contributed by atoms with van der Waals surface area (Å²) in [4.78, 5) is 9.59. The molecular weight excluding hydrogens is 261 g/mol. The topological polar surface area (TPSA) is 51.8 Å². The van der Waals surface area contributed by atoms with Gasteiger partial charge in [-0.25, -0.2) is 14.4 Å². The van der Waals surface area contributed by atoms with Crippen molar-refractivity contribution in [1.29, 1.82) is 0 Å². The Kier molecular flexibility index (Phi) is 4.50. The highest BCUT2D eigenvalue weighted by atomic mass is 32.2. The quantitative estimate of drug-likeness (QED) is 0.872. The predicted octanol–water partition coefficient (Wildman–Crippen LogP) is 3.24. The highest BCUT2D eigenvalue weighted by molar-refractivity contribution is 7.98. The predicted molar refractivity (Wildman–Crippen MR) is 75.3 cm³/mol. The van der Waals surface area contributed by atoms with Crippen LogP contribution >= 0.6 is 11.8 Å². The van der Waals surface area contributed by atoms with E-state index in [9.17, 15) is 4.39 Å². The molecule has 0 saturated heterocycles. The second-order valence-electron chi connectivity index (χ2n) is 4.36. The second kappa shape index (κ2) is 6.12. The summed E-state index contributed by atoms with van der Waals surface area (Å²) in [5.74, 6) is 1.12. The third-order valence-corrected chi connectivity index (χ3v) is 3.71. The first-order valence-electron chi connectivity index (χ1n) is 6.02. The van der Waals surface area contributed by atoms with Crippen LogP contribution in [0.4, 0.5) is 4.39 Å². The summed E-state index contributed by atoms with van der Waals surface area (Å²) >= 11 is 1.51. The number of thioether (sulfide) groups is 1. The van der Waals surface area contributed by atoms with Gasteiger partial charge in [0.1, 0.15) is 11.6 Å². The lowest BCUT2D eigenvalue weighted by molar-refractivity contribution is 0.624. The first kappa shape index (κ1) is 14.0. The molecule has 0 aliphatic heterocycles. The van der Waals surface area contributed by atoms with Crippen LogP contribution in [0.15, 0.2) is 35.4 Å². The molecule has 100 valence electrons. The van der Waals surface area contributed by atoms with E-state index < -0.39 is 0 Å². The largest absolute Gasteiger partial charge is 0.324 e. The molecule has 1 heterocycles. The van der Waals surface area contributed by atoms with Crippen molar-refractivity contribution in [2.24, 2.45) is 5.73 Å². The van der Waals surface area contributed by atoms with Crippen LogP contribution in [-0.4, -0.2) is 9.97 Å². The zero-order chi connectivity index (χ0) is 13.8. The minimum Gasteiger partial charge on any atom is -0.324 e. The molecule has 1 aromatic heterocycles. The smallest absolute Gasteiger partial charge is 0.138 e.